The van der Waals surface area contributed by atoms with Crippen molar-refractivity contribution in [1.82, 2.24) is 14.9 Å². The van der Waals surface area contributed by atoms with E-state index < -0.39 is 0 Å². The molecule has 2 aliphatic rings. The van der Waals surface area contributed by atoms with Crippen LogP contribution in [0, 0.1) is 0 Å². The Hall–Kier alpha value is -2.74. The summed E-state index contributed by atoms with van der Waals surface area (Å²) in [6.07, 6.45) is 8.43. The molecule has 6 N–H and O–H groups in total. The fourth-order valence-electron chi connectivity index (χ4n) is 4.89. The molecular formula is C24H37N7O. The van der Waals surface area contributed by atoms with E-state index in [0.717, 1.165) is 37.4 Å². The van der Waals surface area contributed by atoms with Gasteiger partial charge in [-0.1, -0.05) is 32.3 Å². The lowest BCUT2D eigenvalue weighted by atomic mass is 9.90. The average molecular weight is 440 g/mol. The van der Waals surface area contributed by atoms with Gasteiger partial charge in [-0.05, 0) is 62.4 Å². The molecule has 32 heavy (non-hydrogen) atoms. The lowest BCUT2D eigenvalue weighted by Gasteiger charge is -2.32. The summed E-state index contributed by atoms with van der Waals surface area (Å²) < 4.78 is 5.70. The van der Waals surface area contributed by atoms with Gasteiger partial charge in [-0.3, -0.25) is 0 Å². The standard InChI is InChI=1S/C24H37N7O/c1-3-31-13-7-8-17(15-31)16-11-12-19(20(14-16)32-2)28-24-29-22(26)21(25)23(30-24)27-18-9-5-4-6-10-18/h11-12,14,17-18H,3-10,13,15,25H2,1-2H3,(H4,26,27,28,29,30). The maximum atomic E-state index is 6.17. The molecule has 1 aliphatic heterocycles. The summed E-state index contributed by atoms with van der Waals surface area (Å²) in [5, 5.41) is 6.76. The summed E-state index contributed by atoms with van der Waals surface area (Å²) in [4.78, 5) is 11.5. The van der Waals surface area contributed by atoms with E-state index in [2.05, 4.69) is 44.6 Å². The summed E-state index contributed by atoms with van der Waals surface area (Å²) in [5.74, 6) is 2.59. The van der Waals surface area contributed by atoms with Gasteiger partial charge < -0.3 is 31.7 Å². The van der Waals surface area contributed by atoms with Crippen molar-refractivity contribution < 1.29 is 4.74 Å². The average Bonchev–Trinajstić information content (AvgIpc) is 2.83. The Morgan fingerprint density at radius 1 is 1.09 bits per heavy atom. The Labute approximate surface area is 191 Å². The van der Waals surface area contributed by atoms with Crippen LogP contribution in [0.3, 0.4) is 0 Å². The Morgan fingerprint density at radius 2 is 1.91 bits per heavy atom. The highest BCUT2D eigenvalue weighted by molar-refractivity contribution is 5.76. The number of ether oxygens (including phenoxy) is 1. The molecule has 1 atom stereocenters. The second kappa shape index (κ2) is 10.3. The van der Waals surface area contributed by atoms with E-state index >= 15 is 0 Å². The zero-order valence-electron chi connectivity index (χ0n) is 19.4. The van der Waals surface area contributed by atoms with Crippen LogP contribution in [-0.2, 0) is 0 Å². The van der Waals surface area contributed by atoms with Crippen molar-refractivity contribution in [3.05, 3.63) is 23.8 Å². The molecule has 174 valence electrons. The minimum absolute atomic E-state index is 0.276. The third-order valence-electron chi connectivity index (χ3n) is 6.82. The summed E-state index contributed by atoms with van der Waals surface area (Å²) in [6, 6.07) is 6.73. The predicted octanol–water partition coefficient (Wildman–Crippen LogP) is 4.34. The number of piperidine rings is 1. The Morgan fingerprint density at radius 3 is 2.66 bits per heavy atom. The van der Waals surface area contributed by atoms with Gasteiger partial charge in [-0.15, -0.1) is 0 Å². The highest BCUT2D eigenvalue weighted by Gasteiger charge is 2.22. The molecule has 0 amide bonds. The van der Waals surface area contributed by atoms with Gasteiger partial charge in [0.05, 0.1) is 12.8 Å². The number of aromatic nitrogens is 2. The van der Waals surface area contributed by atoms with E-state index in [9.17, 15) is 0 Å². The predicted molar refractivity (Wildman–Crippen MR) is 132 cm³/mol. The van der Waals surface area contributed by atoms with Gasteiger partial charge in [-0.2, -0.15) is 9.97 Å². The highest BCUT2D eigenvalue weighted by Crippen LogP contribution is 2.35. The minimum atomic E-state index is 0.276. The van der Waals surface area contributed by atoms with Crippen LogP contribution in [0.1, 0.15) is 63.4 Å². The first-order valence-corrected chi connectivity index (χ1v) is 11.9. The number of benzene rings is 1. The molecular weight excluding hydrogens is 402 g/mol. The maximum Gasteiger partial charge on any atom is 0.231 e. The van der Waals surface area contributed by atoms with E-state index in [1.54, 1.807) is 7.11 Å². The Balaban J connectivity index is 1.52. The molecule has 1 aromatic carbocycles. The number of rotatable bonds is 7. The third kappa shape index (κ3) is 5.18. The molecule has 2 aromatic rings. The molecule has 1 saturated carbocycles. The number of anilines is 5. The zero-order valence-corrected chi connectivity index (χ0v) is 19.4. The van der Waals surface area contributed by atoms with Crippen molar-refractivity contribution in [2.75, 3.05) is 48.8 Å². The van der Waals surface area contributed by atoms with Gasteiger partial charge in [-0.25, -0.2) is 0 Å². The molecule has 1 aliphatic carbocycles. The fourth-order valence-corrected chi connectivity index (χ4v) is 4.89. The van der Waals surface area contributed by atoms with Gasteiger partial charge in [0.25, 0.3) is 0 Å². The third-order valence-corrected chi connectivity index (χ3v) is 6.82. The van der Waals surface area contributed by atoms with Crippen LogP contribution in [0.5, 0.6) is 5.75 Å². The van der Waals surface area contributed by atoms with E-state index in [-0.39, 0.29) is 5.82 Å². The lowest BCUT2D eigenvalue weighted by molar-refractivity contribution is 0.218. The highest BCUT2D eigenvalue weighted by atomic mass is 16.5. The molecule has 1 saturated heterocycles. The first-order chi connectivity index (χ1) is 15.6. The Bertz CT molecular complexity index is 913. The quantitative estimate of drug-likeness (QED) is 0.504. The minimum Gasteiger partial charge on any atom is -0.495 e. The van der Waals surface area contributed by atoms with Crippen LogP contribution in [0.2, 0.25) is 0 Å². The van der Waals surface area contributed by atoms with Crippen molar-refractivity contribution in [3.63, 3.8) is 0 Å². The lowest BCUT2D eigenvalue weighted by Crippen LogP contribution is -2.34. The van der Waals surface area contributed by atoms with E-state index in [4.69, 9.17) is 16.2 Å². The van der Waals surface area contributed by atoms with Gasteiger partial charge in [0.1, 0.15) is 11.4 Å². The summed E-state index contributed by atoms with van der Waals surface area (Å²) in [5.41, 5.74) is 14.8. The molecule has 1 unspecified atom stereocenters. The van der Waals surface area contributed by atoms with Gasteiger partial charge in [0.2, 0.25) is 5.95 Å². The smallest absolute Gasteiger partial charge is 0.231 e. The van der Waals surface area contributed by atoms with Gasteiger partial charge in [0.15, 0.2) is 11.6 Å². The molecule has 0 spiro atoms. The molecule has 4 rings (SSSR count). The van der Waals surface area contributed by atoms with Crippen molar-refractivity contribution in [2.45, 2.75) is 63.8 Å². The number of likely N-dealkylation sites (tertiary alicyclic amines) is 1. The second-order valence-electron chi connectivity index (χ2n) is 8.99. The number of hydrogen-bond donors (Lipinski definition) is 4. The number of nitrogens with one attached hydrogen (secondary N) is 2. The number of likely N-dealkylation sites (N-methyl/N-ethyl adjacent to an activating group) is 1. The number of nitrogen functional groups attached to an aromatic ring is 2. The van der Waals surface area contributed by atoms with Crippen LogP contribution in [0.25, 0.3) is 0 Å². The van der Waals surface area contributed by atoms with Crippen LogP contribution in [-0.4, -0.2) is 47.7 Å². The number of nitrogens with two attached hydrogens (primary N) is 2. The summed E-state index contributed by atoms with van der Waals surface area (Å²) in [6.45, 7) is 5.61. The normalized spacial score (nSPS) is 20.1. The van der Waals surface area contributed by atoms with E-state index in [0.29, 0.717) is 29.4 Å². The van der Waals surface area contributed by atoms with Crippen LogP contribution < -0.4 is 26.8 Å². The molecule has 8 nitrogen and oxygen atoms in total. The van der Waals surface area contributed by atoms with Crippen molar-refractivity contribution in [2.24, 2.45) is 0 Å². The molecule has 2 fully saturated rings. The van der Waals surface area contributed by atoms with Crippen LogP contribution >= 0.6 is 0 Å². The zero-order chi connectivity index (χ0) is 22.5. The summed E-state index contributed by atoms with van der Waals surface area (Å²) in [7, 11) is 1.69. The van der Waals surface area contributed by atoms with Crippen molar-refractivity contribution in [1.29, 1.82) is 0 Å². The molecule has 2 heterocycles. The Kier molecular flexibility index (Phi) is 7.19. The number of nitrogens with zero attached hydrogens (tertiary/aromatic N) is 3. The first-order valence-electron chi connectivity index (χ1n) is 11.9. The van der Waals surface area contributed by atoms with Crippen LogP contribution in [0.15, 0.2) is 18.2 Å². The number of methoxy groups -OCH3 is 1. The SMILES string of the molecule is CCN1CCCC(c2ccc(Nc3nc(N)c(N)c(NC4CCCCC4)n3)c(OC)c2)C1. The van der Waals surface area contributed by atoms with Crippen LogP contribution in [0.4, 0.5) is 29.0 Å². The molecule has 8 heteroatoms. The fraction of sp³-hybridized carbons (Fsp3) is 0.583. The topological polar surface area (TPSA) is 114 Å². The van der Waals surface area contributed by atoms with Crippen molar-refractivity contribution in [3.8, 4) is 5.75 Å². The van der Waals surface area contributed by atoms with E-state index in [1.807, 2.05) is 6.07 Å². The maximum absolute atomic E-state index is 6.17. The number of hydrogen-bond acceptors (Lipinski definition) is 8. The molecule has 1 aromatic heterocycles. The monoisotopic (exact) mass is 439 g/mol. The first kappa shape index (κ1) is 22.5. The van der Waals surface area contributed by atoms with Gasteiger partial charge in [0, 0.05) is 12.6 Å². The van der Waals surface area contributed by atoms with E-state index in [1.165, 1.54) is 44.2 Å². The summed E-state index contributed by atoms with van der Waals surface area (Å²) >= 11 is 0. The largest absolute Gasteiger partial charge is 0.495 e. The second-order valence-corrected chi connectivity index (χ2v) is 8.99. The van der Waals surface area contributed by atoms with Crippen molar-refractivity contribution >= 4 is 29.0 Å². The van der Waals surface area contributed by atoms with Gasteiger partial charge >= 0.3 is 0 Å². The molecule has 0 radical (unpaired) electrons. The molecule has 0 bridgehead atoms.